The molecule has 3 heteroatoms. The van der Waals surface area contributed by atoms with E-state index in [1.807, 2.05) is 0 Å². The van der Waals surface area contributed by atoms with Gasteiger partial charge in [0.15, 0.2) is 0 Å². The summed E-state index contributed by atoms with van der Waals surface area (Å²) in [5.74, 6) is -0.369. The fraction of sp³-hybridized carbons (Fsp3) is 0.571. The van der Waals surface area contributed by atoms with Crippen LogP contribution in [0.5, 0.6) is 0 Å². The topological polar surface area (TPSA) is 46.5 Å². The molecule has 0 heterocycles. The minimum absolute atomic E-state index is 0.0688. The molecule has 10 heavy (non-hydrogen) atoms. The number of hydrogen-bond donors (Lipinski definition) is 1. The molecule has 0 aliphatic carbocycles. The molecular formula is C7H12O3. The number of carbonyl (C=O) groups excluding carboxylic acids is 1. The van der Waals surface area contributed by atoms with Gasteiger partial charge >= 0.3 is 5.97 Å². The highest BCUT2D eigenvalue weighted by Crippen LogP contribution is 1.97. The summed E-state index contributed by atoms with van der Waals surface area (Å²) in [6.45, 7) is 1.84. The fourth-order valence-electron chi connectivity index (χ4n) is 0.509. The number of carbonyl (C=O) groups is 1. The van der Waals surface area contributed by atoms with Crippen LogP contribution < -0.4 is 0 Å². The Kier molecular flexibility index (Phi) is 4.58. The van der Waals surface area contributed by atoms with Gasteiger partial charge in [0.25, 0.3) is 0 Å². The Labute approximate surface area is 60.3 Å². The average molecular weight is 144 g/mol. The predicted octanol–water partition coefficient (Wildman–Crippen LogP) is 0.488. The van der Waals surface area contributed by atoms with Gasteiger partial charge in [-0.2, -0.15) is 0 Å². The number of aliphatic hydroxyl groups is 1. The minimum atomic E-state index is -0.369. The maximum absolute atomic E-state index is 10.5. The molecule has 0 atom stereocenters. The number of ether oxygens (including phenoxy) is 1. The van der Waals surface area contributed by atoms with Crippen molar-refractivity contribution in [1.29, 1.82) is 0 Å². The van der Waals surface area contributed by atoms with Crippen molar-refractivity contribution >= 4 is 5.97 Å². The van der Waals surface area contributed by atoms with Crippen LogP contribution in [0.3, 0.4) is 0 Å². The van der Waals surface area contributed by atoms with Gasteiger partial charge < -0.3 is 9.84 Å². The van der Waals surface area contributed by atoms with Crippen molar-refractivity contribution < 1.29 is 14.6 Å². The number of aliphatic hydroxyl groups excluding tert-OH is 1. The lowest BCUT2D eigenvalue weighted by molar-refractivity contribution is -0.134. The lowest BCUT2D eigenvalue weighted by atomic mass is 10.2. The zero-order chi connectivity index (χ0) is 7.98. The van der Waals surface area contributed by atoms with Crippen molar-refractivity contribution in [2.24, 2.45) is 0 Å². The van der Waals surface area contributed by atoms with E-state index >= 15 is 0 Å². The molecule has 0 aromatic rings. The van der Waals surface area contributed by atoms with Crippen LogP contribution in [-0.2, 0) is 9.53 Å². The molecule has 0 rings (SSSR count). The van der Waals surface area contributed by atoms with Crippen LogP contribution in [0, 0.1) is 0 Å². The van der Waals surface area contributed by atoms with Crippen LogP contribution >= 0.6 is 0 Å². The maximum atomic E-state index is 10.5. The summed E-state index contributed by atoms with van der Waals surface area (Å²) < 4.78 is 4.37. The Hall–Kier alpha value is -0.830. The molecule has 0 aromatic heterocycles. The van der Waals surface area contributed by atoms with Crippen molar-refractivity contribution in [2.75, 3.05) is 13.7 Å². The Bertz CT molecular complexity index is 138. The van der Waals surface area contributed by atoms with Crippen molar-refractivity contribution in [3.8, 4) is 0 Å². The van der Waals surface area contributed by atoms with Crippen molar-refractivity contribution in [3.63, 3.8) is 0 Å². The number of hydrogen-bond acceptors (Lipinski definition) is 3. The molecule has 0 bridgehead atoms. The summed E-state index contributed by atoms with van der Waals surface area (Å²) in [7, 11) is 1.32. The van der Waals surface area contributed by atoms with Gasteiger partial charge in [0.2, 0.25) is 0 Å². The van der Waals surface area contributed by atoms with Gasteiger partial charge in [-0.1, -0.05) is 5.57 Å². The van der Waals surface area contributed by atoms with Gasteiger partial charge in [-0.25, -0.2) is 4.79 Å². The van der Waals surface area contributed by atoms with E-state index in [1.54, 1.807) is 6.92 Å². The third-order valence-electron chi connectivity index (χ3n) is 1.07. The highest BCUT2D eigenvalue weighted by atomic mass is 16.5. The molecule has 0 saturated carbocycles. The number of esters is 1. The molecule has 0 spiro atoms. The van der Waals surface area contributed by atoms with E-state index < -0.39 is 0 Å². The monoisotopic (exact) mass is 144 g/mol. The van der Waals surface area contributed by atoms with E-state index in [0.29, 0.717) is 6.42 Å². The molecule has 0 aromatic carbocycles. The van der Waals surface area contributed by atoms with Crippen LogP contribution in [0.4, 0.5) is 0 Å². The Morgan fingerprint density at radius 2 is 2.30 bits per heavy atom. The van der Waals surface area contributed by atoms with E-state index in [2.05, 4.69) is 4.74 Å². The number of rotatable bonds is 3. The second kappa shape index (κ2) is 4.99. The third kappa shape index (κ3) is 4.09. The second-order valence-corrected chi connectivity index (χ2v) is 1.99. The van der Waals surface area contributed by atoms with E-state index in [9.17, 15) is 4.79 Å². The van der Waals surface area contributed by atoms with Crippen molar-refractivity contribution in [3.05, 3.63) is 11.6 Å². The molecule has 0 aliphatic rings. The summed E-state index contributed by atoms with van der Waals surface area (Å²) >= 11 is 0. The van der Waals surface area contributed by atoms with Crippen LogP contribution in [0.1, 0.15) is 13.3 Å². The van der Waals surface area contributed by atoms with Crippen LogP contribution in [0.2, 0.25) is 0 Å². The molecule has 0 fully saturated rings. The van der Waals surface area contributed by atoms with E-state index in [-0.39, 0.29) is 12.6 Å². The molecule has 0 aliphatic heterocycles. The highest BCUT2D eigenvalue weighted by molar-refractivity contribution is 5.82. The van der Waals surface area contributed by atoms with E-state index in [4.69, 9.17) is 5.11 Å². The first-order chi connectivity index (χ1) is 4.70. The van der Waals surface area contributed by atoms with Gasteiger partial charge in [0.05, 0.1) is 7.11 Å². The minimum Gasteiger partial charge on any atom is -0.466 e. The number of methoxy groups -OCH3 is 1. The lowest BCUT2D eigenvalue weighted by Crippen LogP contribution is -1.96. The van der Waals surface area contributed by atoms with E-state index in [0.717, 1.165) is 5.57 Å². The normalized spacial score (nSPS) is 11.3. The van der Waals surface area contributed by atoms with Crippen LogP contribution in [0.15, 0.2) is 11.6 Å². The zero-order valence-electron chi connectivity index (χ0n) is 6.26. The first-order valence-corrected chi connectivity index (χ1v) is 3.06. The van der Waals surface area contributed by atoms with Crippen molar-refractivity contribution in [1.82, 2.24) is 0 Å². The Morgan fingerprint density at radius 3 is 2.70 bits per heavy atom. The Balaban J connectivity index is 3.77. The summed E-state index contributed by atoms with van der Waals surface area (Å²) in [5, 5.41) is 8.43. The first-order valence-electron chi connectivity index (χ1n) is 3.06. The van der Waals surface area contributed by atoms with Crippen LogP contribution in [-0.4, -0.2) is 24.8 Å². The third-order valence-corrected chi connectivity index (χ3v) is 1.07. The van der Waals surface area contributed by atoms with Gasteiger partial charge in [-0.05, 0) is 13.3 Å². The Morgan fingerprint density at radius 1 is 1.70 bits per heavy atom. The molecule has 0 amide bonds. The maximum Gasteiger partial charge on any atom is 0.330 e. The first kappa shape index (κ1) is 9.17. The van der Waals surface area contributed by atoms with Crippen molar-refractivity contribution in [2.45, 2.75) is 13.3 Å². The molecule has 0 unspecified atom stereocenters. The molecule has 0 radical (unpaired) electrons. The molecule has 1 N–H and O–H groups in total. The zero-order valence-corrected chi connectivity index (χ0v) is 6.26. The average Bonchev–Trinajstić information content (AvgIpc) is 1.88. The molecular weight excluding hydrogens is 132 g/mol. The summed E-state index contributed by atoms with van der Waals surface area (Å²) in [4.78, 5) is 10.5. The molecule has 0 saturated heterocycles. The molecule has 58 valence electrons. The SMILES string of the molecule is COC(=O)/C=C(\C)CCO. The largest absolute Gasteiger partial charge is 0.466 e. The predicted molar refractivity (Wildman–Crippen MR) is 37.5 cm³/mol. The highest BCUT2D eigenvalue weighted by Gasteiger charge is 1.94. The smallest absolute Gasteiger partial charge is 0.330 e. The van der Waals surface area contributed by atoms with E-state index in [1.165, 1.54) is 13.2 Å². The van der Waals surface area contributed by atoms with Gasteiger partial charge in [0.1, 0.15) is 0 Å². The quantitative estimate of drug-likeness (QED) is 0.463. The summed E-state index contributed by atoms with van der Waals surface area (Å²) in [6.07, 6.45) is 1.89. The van der Waals surface area contributed by atoms with Gasteiger partial charge in [0, 0.05) is 12.7 Å². The van der Waals surface area contributed by atoms with Gasteiger partial charge in [-0.3, -0.25) is 0 Å². The standard InChI is InChI=1S/C7H12O3/c1-6(3-4-8)5-7(9)10-2/h5,8H,3-4H2,1-2H3/b6-5+. The lowest BCUT2D eigenvalue weighted by Gasteiger charge is -1.95. The second-order valence-electron chi connectivity index (χ2n) is 1.99. The summed E-state index contributed by atoms with van der Waals surface area (Å²) in [6, 6.07) is 0. The van der Waals surface area contributed by atoms with Gasteiger partial charge in [-0.15, -0.1) is 0 Å². The molecule has 3 nitrogen and oxygen atoms in total. The summed E-state index contributed by atoms with van der Waals surface area (Å²) in [5.41, 5.74) is 0.828. The fourth-order valence-corrected chi connectivity index (χ4v) is 0.509. The van der Waals surface area contributed by atoms with Crippen LogP contribution in [0.25, 0.3) is 0 Å².